The summed E-state index contributed by atoms with van der Waals surface area (Å²) in [4.78, 5) is 26.1. The van der Waals surface area contributed by atoms with Crippen molar-refractivity contribution in [3.63, 3.8) is 0 Å². The molecule has 0 fully saturated rings. The van der Waals surface area contributed by atoms with Gasteiger partial charge in [-0.1, -0.05) is 236 Å². The fourth-order valence-corrected chi connectivity index (χ4v) is 7.62. The molecule has 0 radical (unpaired) electrons. The average molecular weight is 828 g/mol. The molecule has 0 aromatic heterocycles. The van der Waals surface area contributed by atoms with Crippen molar-refractivity contribution in [3.05, 3.63) is 48.6 Å². The van der Waals surface area contributed by atoms with E-state index in [1.807, 2.05) is 0 Å². The van der Waals surface area contributed by atoms with Crippen molar-refractivity contribution in [1.29, 1.82) is 0 Å². The summed E-state index contributed by atoms with van der Waals surface area (Å²) in [7, 11) is 0. The maximum atomic E-state index is 13.2. The van der Waals surface area contributed by atoms with E-state index in [0.717, 1.165) is 77.0 Å². The van der Waals surface area contributed by atoms with E-state index < -0.39 is 18.2 Å². The first-order valence-corrected chi connectivity index (χ1v) is 25.4. The quantitative estimate of drug-likeness (QED) is 0.0323. The average Bonchev–Trinajstić information content (AvgIpc) is 3.23. The highest BCUT2D eigenvalue weighted by atomic mass is 16.5. The van der Waals surface area contributed by atoms with Crippen LogP contribution in [0.25, 0.3) is 0 Å². The smallest absolute Gasteiger partial charge is 0.306 e. The number of hydrogen-bond acceptors (Lipinski definition) is 5. The minimum atomic E-state index is -0.789. The normalized spacial score (nSPS) is 13.6. The minimum absolute atomic E-state index is 0.0699. The molecule has 0 saturated heterocycles. The second-order valence-electron chi connectivity index (χ2n) is 17.3. The number of unbranched alkanes of at least 4 members (excludes halogenated alkanes) is 28. The second kappa shape index (κ2) is 46.9. The molecule has 0 aliphatic carbocycles. The lowest BCUT2D eigenvalue weighted by molar-refractivity contribution is -0.151. The molecular weight excluding hydrogens is 731 g/mol. The van der Waals surface area contributed by atoms with Gasteiger partial charge in [-0.15, -0.1) is 0 Å². The Morgan fingerprint density at radius 1 is 0.492 bits per heavy atom. The number of amides is 1. The van der Waals surface area contributed by atoms with E-state index >= 15 is 0 Å². The van der Waals surface area contributed by atoms with Crippen LogP contribution in [0.4, 0.5) is 0 Å². The third-order valence-electron chi connectivity index (χ3n) is 11.5. The predicted molar refractivity (Wildman–Crippen MR) is 255 cm³/mol. The molecule has 0 heterocycles. The molecular formula is C53H97NO5. The van der Waals surface area contributed by atoms with Crippen LogP contribution in [0, 0.1) is 0 Å². The Labute approximate surface area is 366 Å². The number of ether oxygens (including phenoxy) is 1. The van der Waals surface area contributed by atoms with Crippen molar-refractivity contribution >= 4 is 11.9 Å². The Morgan fingerprint density at radius 2 is 0.864 bits per heavy atom. The molecule has 0 aromatic rings. The Morgan fingerprint density at radius 3 is 1.34 bits per heavy atom. The molecule has 344 valence electrons. The number of aliphatic hydroxyl groups is 2. The lowest BCUT2D eigenvalue weighted by atomic mass is 10.0. The molecule has 6 nitrogen and oxygen atoms in total. The third kappa shape index (κ3) is 42.3. The topological polar surface area (TPSA) is 95.9 Å². The van der Waals surface area contributed by atoms with E-state index in [1.54, 1.807) is 0 Å². The molecule has 6 heteroatoms. The molecule has 3 atom stereocenters. The zero-order valence-corrected chi connectivity index (χ0v) is 39.1. The highest BCUT2D eigenvalue weighted by molar-refractivity contribution is 5.77. The van der Waals surface area contributed by atoms with Crippen LogP contribution in [0.3, 0.4) is 0 Å². The maximum absolute atomic E-state index is 13.2. The van der Waals surface area contributed by atoms with Gasteiger partial charge in [0.1, 0.15) is 6.10 Å². The monoisotopic (exact) mass is 828 g/mol. The van der Waals surface area contributed by atoms with Crippen LogP contribution in [0.15, 0.2) is 48.6 Å². The number of hydrogen-bond donors (Lipinski definition) is 3. The van der Waals surface area contributed by atoms with Crippen molar-refractivity contribution in [2.24, 2.45) is 0 Å². The van der Waals surface area contributed by atoms with Gasteiger partial charge in [-0.2, -0.15) is 0 Å². The van der Waals surface area contributed by atoms with Gasteiger partial charge in [-0.3, -0.25) is 9.59 Å². The highest BCUT2D eigenvalue weighted by Gasteiger charge is 2.24. The van der Waals surface area contributed by atoms with Gasteiger partial charge in [0.15, 0.2) is 0 Å². The largest absolute Gasteiger partial charge is 0.462 e. The Kier molecular flexibility index (Phi) is 45.1. The van der Waals surface area contributed by atoms with E-state index in [2.05, 4.69) is 74.7 Å². The fraction of sp³-hybridized carbons (Fsp3) is 0.811. The lowest BCUT2D eigenvalue weighted by Crippen LogP contribution is -2.46. The fourth-order valence-electron chi connectivity index (χ4n) is 7.62. The molecule has 3 unspecified atom stereocenters. The first kappa shape index (κ1) is 56.8. The van der Waals surface area contributed by atoms with Crippen molar-refractivity contribution in [3.8, 4) is 0 Å². The molecule has 0 aliphatic heterocycles. The number of rotatable bonds is 45. The molecule has 0 rings (SSSR count). The summed E-state index contributed by atoms with van der Waals surface area (Å²) >= 11 is 0. The molecule has 1 amide bonds. The SMILES string of the molecule is CCCCC/C=C/C=C/C=C/C=C/CCCCCCCC(=O)OC(CCCCCCCCCCCCCCC)CC(=O)NC(CO)C(O)CCCCCCCCCCC. The second-order valence-corrected chi connectivity index (χ2v) is 17.3. The molecule has 3 N–H and O–H groups in total. The molecule has 59 heavy (non-hydrogen) atoms. The van der Waals surface area contributed by atoms with Gasteiger partial charge < -0.3 is 20.3 Å². The Hall–Kier alpha value is -2.18. The van der Waals surface area contributed by atoms with Crippen LogP contribution in [-0.4, -0.2) is 46.9 Å². The molecule has 0 aromatic carbocycles. The number of nitrogens with one attached hydrogen (secondary N) is 1. The van der Waals surface area contributed by atoms with E-state index in [-0.39, 0.29) is 24.9 Å². The van der Waals surface area contributed by atoms with Crippen molar-refractivity contribution in [1.82, 2.24) is 5.32 Å². The van der Waals surface area contributed by atoms with Crippen molar-refractivity contribution < 1.29 is 24.5 Å². The summed E-state index contributed by atoms with van der Waals surface area (Å²) in [5.41, 5.74) is 0. The van der Waals surface area contributed by atoms with Crippen LogP contribution in [0.5, 0.6) is 0 Å². The molecule has 0 spiro atoms. The summed E-state index contributed by atoms with van der Waals surface area (Å²) in [5.74, 6) is -0.494. The van der Waals surface area contributed by atoms with Crippen LogP contribution < -0.4 is 5.32 Å². The molecule has 0 saturated carbocycles. The lowest BCUT2D eigenvalue weighted by Gasteiger charge is -2.24. The predicted octanol–water partition coefficient (Wildman–Crippen LogP) is 15.1. The summed E-state index contributed by atoms with van der Waals surface area (Å²) in [5, 5.41) is 23.7. The van der Waals surface area contributed by atoms with Gasteiger partial charge in [-0.05, 0) is 51.4 Å². The van der Waals surface area contributed by atoms with Gasteiger partial charge in [0, 0.05) is 6.42 Å². The van der Waals surface area contributed by atoms with Crippen LogP contribution in [0.2, 0.25) is 0 Å². The van der Waals surface area contributed by atoms with E-state index in [4.69, 9.17) is 4.74 Å². The minimum Gasteiger partial charge on any atom is -0.462 e. The summed E-state index contributed by atoms with van der Waals surface area (Å²) in [6, 6.07) is -0.703. The highest BCUT2D eigenvalue weighted by Crippen LogP contribution is 2.18. The number of carbonyl (C=O) groups is 2. The number of allylic oxidation sites excluding steroid dienone is 8. The molecule has 0 aliphatic rings. The standard InChI is InChI=1S/C53H97NO5/c1-4-7-10-13-16-19-21-23-24-25-26-27-29-31-34-37-40-43-46-53(58)59-49(44-41-38-35-33-30-28-22-20-17-14-11-8-5-2)47-52(57)54-50(48-55)51(56)45-42-39-36-32-18-15-12-9-6-3/h16,19,21,23-27,49-51,55-56H,4-15,17-18,20,22,28-48H2,1-3H3,(H,54,57)/b19-16+,23-21+,25-24+,27-26+. The molecule has 0 bridgehead atoms. The van der Waals surface area contributed by atoms with Gasteiger partial charge in [0.2, 0.25) is 5.91 Å². The van der Waals surface area contributed by atoms with Gasteiger partial charge in [0.25, 0.3) is 0 Å². The summed E-state index contributed by atoms with van der Waals surface area (Å²) in [6.45, 7) is 6.43. The van der Waals surface area contributed by atoms with Gasteiger partial charge in [0.05, 0.1) is 25.2 Å². The summed E-state index contributed by atoms with van der Waals surface area (Å²) < 4.78 is 5.92. The number of esters is 1. The number of carbonyl (C=O) groups excluding carboxylic acids is 2. The summed E-state index contributed by atoms with van der Waals surface area (Å²) in [6.07, 6.45) is 55.9. The third-order valence-corrected chi connectivity index (χ3v) is 11.5. The van der Waals surface area contributed by atoms with Crippen molar-refractivity contribution in [2.45, 2.75) is 270 Å². The van der Waals surface area contributed by atoms with E-state index in [1.165, 1.54) is 128 Å². The van der Waals surface area contributed by atoms with Crippen LogP contribution >= 0.6 is 0 Å². The van der Waals surface area contributed by atoms with E-state index in [9.17, 15) is 19.8 Å². The van der Waals surface area contributed by atoms with Gasteiger partial charge >= 0.3 is 5.97 Å². The zero-order chi connectivity index (χ0) is 43.1. The van der Waals surface area contributed by atoms with Crippen LogP contribution in [0.1, 0.15) is 252 Å². The van der Waals surface area contributed by atoms with Gasteiger partial charge in [-0.25, -0.2) is 0 Å². The van der Waals surface area contributed by atoms with E-state index in [0.29, 0.717) is 19.3 Å². The maximum Gasteiger partial charge on any atom is 0.306 e. The Balaban J connectivity index is 4.59. The number of aliphatic hydroxyl groups excluding tert-OH is 2. The first-order chi connectivity index (χ1) is 29.0. The Bertz CT molecular complexity index is 1020. The first-order valence-electron chi connectivity index (χ1n) is 25.4. The van der Waals surface area contributed by atoms with Crippen LogP contribution in [-0.2, 0) is 14.3 Å². The zero-order valence-electron chi connectivity index (χ0n) is 39.1. The van der Waals surface area contributed by atoms with Crippen molar-refractivity contribution in [2.75, 3.05) is 6.61 Å².